The molecule has 138 valence electrons. The molecule has 0 aromatic carbocycles. The number of ether oxygens (including phenoxy) is 1. The number of hydrogen-bond acceptors (Lipinski definition) is 5. The quantitative estimate of drug-likeness (QED) is 0.787. The van der Waals surface area contributed by atoms with E-state index in [1.807, 2.05) is 21.8 Å². The second-order valence-electron chi connectivity index (χ2n) is 7.81. The Labute approximate surface area is 148 Å². The summed E-state index contributed by atoms with van der Waals surface area (Å²) in [7, 11) is 0. The molecule has 7 nitrogen and oxygen atoms in total. The molecule has 0 radical (unpaired) electrons. The number of aromatic nitrogens is 2. The van der Waals surface area contributed by atoms with E-state index in [4.69, 9.17) is 4.74 Å². The molecule has 0 unspecified atom stereocenters. The third-order valence-corrected chi connectivity index (χ3v) is 6.03. The molecule has 1 aromatic heterocycles. The molecule has 3 heterocycles. The second kappa shape index (κ2) is 7.05. The van der Waals surface area contributed by atoms with Gasteiger partial charge in [-0.15, -0.1) is 0 Å². The fourth-order valence-corrected chi connectivity index (χ4v) is 4.26. The van der Waals surface area contributed by atoms with Gasteiger partial charge in [0.1, 0.15) is 0 Å². The lowest BCUT2D eigenvalue weighted by Crippen LogP contribution is -2.42. The molecule has 7 heteroatoms. The molecule has 3 fully saturated rings. The fraction of sp³-hybridized carbons (Fsp3) is 0.778. The number of carbonyl (C=O) groups is 1. The Morgan fingerprint density at radius 2 is 2.00 bits per heavy atom. The van der Waals surface area contributed by atoms with Crippen LogP contribution in [0.1, 0.15) is 12.8 Å². The van der Waals surface area contributed by atoms with Crippen molar-refractivity contribution in [3.63, 3.8) is 0 Å². The molecule has 3 aliphatic rings. The van der Waals surface area contributed by atoms with E-state index in [1.165, 1.54) is 0 Å². The first-order chi connectivity index (χ1) is 12.2. The maximum Gasteiger partial charge on any atom is 0.230 e. The van der Waals surface area contributed by atoms with Gasteiger partial charge in [0.2, 0.25) is 5.91 Å². The number of rotatable bonds is 6. The van der Waals surface area contributed by atoms with Gasteiger partial charge in [-0.1, -0.05) is 0 Å². The molecule has 1 amide bonds. The lowest BCUT2D eigenvalue weighted by molar-refractivity contribution is -0.136. The van der Waals surface area contributed by atoms with Crippen LogP contribution < -0.4 is 0 Å². The van der Waals surface area contributed by atoms with Crippen molar-refractivity contribution in [2.24, 2.45) is 17.3 Å². The van der Waals surface area contributed by atoms with Crippen LogP contribution >= 0.6 is 0 Å². The number of carbonyl (C=O) groups excluding carboxylic acids is 1. The van der Waals surface area contributed by atoms with Gasteiger partial charge >= 0.3 is 0 Å². The monoisotopic (exact) mass is 348 g/mol. The van der Waals surface area contributed by atoms with E-state index in [-0.39, 0.29) is 23.8 Å². The van der Waals surface area contributed by atoms with Gasteiger partial charge in [0.05, 0.1) is 25.2 Å². The van der Waals surface area contributed by atoms with Crippen molar-refractivity contribution < 1.29 is 14.6 Å². The minimum atomic E-state index is -0.264. The normalized spacial score (nSPS) is 29.1. The number of aliphatic hydroxyl groups is 1. The van der Waals surface area contributed by atoms with Gasteiger partial charge in [-0.3, -0.25) is 14.4 Å². The minimum Gasteiger partial charge on any atom is -0.396 e. The Bertz CT molecular complexity index is 581. The maximum atomic E-state index is 13.1. The minimum absolute atomic E-state index is 0.158. The van der Waals surface area contributed by atoms with Gasteiger partial charge in [-0.05, 0) is 24.8 Å². The summed E-state index contributed by atoms with van der Waals surface area (Å²) < 4.78 is 7.29. The highest BCUT2D eigenvalue weighted by molar-refractivity contribution is 5.85. The van der Waals surface area contributed by atoms with Gasteiger partial charge in [-0.25, -0.2) is 0 Å². The van der Waals surface area contributed by atoms with Crippen LogP contribution in [-0.4, -0.2) is 83.1 Å². The molecular formula is C18H28N4O3. The van der Waals surface area contributed by atoms with Crippen molar-refractivity contribution in [3.05, 3.63) is 18.5 Å². The van der Waals surface area contributed by atoms with Crippen LogP contribution in [0.25, 0.3) is 0 Å². The first-order valence-corrected chi connectivity index (χ1v) is 9.38. The lowest BCUT2D eigenvalue weighted by atomic mass is 9.96. The van der Waals surface area contributed by atoms with E-state index in [9.17, 15) is 9.90 Å². The van der Waals surface area contributed by atoms with E-state index in [1.54, 1.807) is 6.20 Å². The third-order valence-electron chi connectivity index (χ3n) is 6.03. The third kappa shape index (κ3) is 3.59. The largest absolute Gasteiger partial charge is 0.396 e. The molecule has 25 heavy (non-hydrogen) atoms. The summed E-state index contributed by atoms with van der Waals surface area (Å²) in [5.74, 6) is 0.797. The molecule has 0 spiro atoms. The van der Waals surface area contributed by atoms with Gasteiger partial charge in [0.15, 0.2) is 0 Å². The van der Waals surface area contributed by atoms with Gasteiger partial charge in [0, 0.05) is 57.6 Å². The zero-order chi connectivity index (χ0) is 17.3. The Balaban J connectivity index is 1.38. The first kappa shape index (κ1) is 17.0. The first-order valence-electron chi connectivity index (χ1n) is 9.38. The van der Waals surface area contributed by atoms with Gasteiger partial charge in [0.25, 0.3) is 0 Å². The van der Waals surface area contributed by atoms with Crippen molar-refractivity contribution >= 4 is 5.91 Å². The molecule has 2 saturated heterocycles. The number of likely N-dealkylation sites (tertiary alicyclic amines) is 1. The van der Waals surface area contributed by atoms with Crippen LogP contribution in [0.15, 0.2) is 18.5 Å². The Morgan fingerprint density at radius 1 is 1.24 bits per heavy atom. The molecule has 4 rings (SSSR count). The van der Waals surface area contributed by atoms with Crippen molar-refractivity contribution in [2.45, 2.75) is 19.4 Å². The molecule has 1 aliphatic carbocycles. The smallest absolute Gasteiger partial charge is 0.230 e. The molecule has 2 aliphatic heterocycles. The second-order valence-corrected chi connectivity index (χ2v) is 7.81. The Morgan fingerprint density at radius 3 is 2.64 bits per heavy atom. The summed E-state index contributed by atoms with van der Waals surface area (Å²) in [5.41, 5.74) is -0.264. The standard InChI is InChI=1S/C18H28N4O3/c23-13-16-12-21(11-15(16)10-20-6-8-25-9-7-20)17(24)18(2-3-18)14-22-5-1-4-19-22/h1,4-5,15-16,23H,2-3,6-14H2/t15-,16-/m0/s1. The highest BCUT2D eigenvalue weighted by Gasteiger charge is 2.53. The Hall–Kier alpha value is -1.44. The summed E-state index contributed by atoms with van der Waals surface area (Å²) in [4.78, 5) is 17.5. The predicted octanol–water partition coefficient (Wildman–Crippen LogP) is 0.0624. The molecule has 1 N–H and O–H groups in total. The summed E-state index contributed by atoms with van der Waals surface area (Å²) in [6.07, 6.45) is 5.58. The summed E-state index contributed by atoms with van der Waals surface area (Å²) in [6.45, 7) is 6.70. The van der Waals surface area contributed by atoms with Crippen LogP contribution in [0, 0.1) is 17.3 Å². The maximum absolute atomic E-state index is 13.1. The average Bonchev–Trinajstić information content (AvgIpc) is 3.05. The zero-order valence-corrected chi connectivity index (χ0v) is 14.7. The number of morpholine rings is 1. The Kier molecular flexibility index (Phi) is 4.80. The van der Waals surface area contributed by atoms with Gasteiger partial charge in [-0.2, -0.15) is 5.10 Å². The van der Waals surface area contributed by atoms with Crippen LogP contribution in [0.3, 0.4) is 0 Å². The average molecular weight is 348 g/mol. The SMILES string of the molecule is O=C(N1C[C@@H](CO)[C@@H](CN2CCOCC2)C1)C1(Cn2cccn2)CC1. The molecule has 0 bridgehead atoms. The zero-order valence-electron chi connectivity index (χ0n) is 14.7. The number of nitrogens with zero attached hydrogens (tertiary/aromatic N) is 4. The number of aliphatic hydroxyl groups excluding tert-OH is 1. The van der Waals surface area contributed by atoms with Crippen LogP contribution in [0.5, 0.6) is 0 Å². The van der Waals surface area contributed by atoms with Crippen molar-refractivity contribution in [1.29, 1.82) is 0 Å². The van der Waals surface area contributed by atoms with Crippen molar-refractivity contribution in [1.82, 2.24) is 19.6 Å². The van der Waals surface area contributed by atoms with E-state index >= 15 is 0 Å². The number of amides is 1. The van der Waals surface area contributed by atoms with E-state index in [0.29, 0.717) is 19.0 Å². The van der Waals surface area contributed by atoms with Crippen molar-refractivity contribution in [2.75, 3.05) is 52.5 Å². The summed E-state index contributed by atoms with van der Waals surface area (Å²) in [6, 6.07) is 1.90. The van der Waals surface area contributed by atoms with E-state index in [2.05, 4.69) is 10.00 Å². The summed E-state index contributed by atoms with van der Waals surface area (Å²) >= 11 is 0. The number of hydrogen-bond donors (Lipinski definition) is 1. The molecular weight excluding hydrogens is 320 g/mol. The van der Waals surface area contributed by atoms with Crippen LogP contribution in [0.4, 0.5) is 0 Å². The van der Waals surface area contributed by atoms with Crippen LogP contribution in [-0.2, 0) is 16.1 Å². The van der Waals surface area contributed by atoms with E-state index in [0.717, 1.165) is 52.2 Å². The summed E-state index contributed by atoms with van der Waals surface area (Å²) in [5, 5.41) is 14.1. The molecule has 2 atom stereocenters. The fourth-order valence-electron chi connectivity index (χ4n) is 4.26. The van der Waals surface area contributed by atoms with Crippen LogP contribution in [0.2, 0.25) is 0 Å². The van der Waals surface area contributed by atoms with E-state index < -0.39 is 0 Å². The lowest BCUT2D eigenvalue weighted by Gasteiger charge is -2.30. The molecule has 1 aromatic rings. The predicted molar refractivity (Wildman–Crippen MR) is 91.8 cm³/mol. The van der Waals surface area contributed by atoms with Gasteiger partial charge < -0.3 is 14.7 Å². The van der Waals surface area contributed by atoms with Crippen molar-refractivity contribution in [3.8, 4) is 0 Å². The highest BCUT2D eigenvalue weighted by atomic mass is 16.5. The topological polar surface area (TPSA) is 70.8 Å². The highest BCUT2D eigenvalue weighted by Crippen LogP contribution is 2.49. The molecule has 1 saturated carbocycles.